The van der Waals surface area contributed by atoms with Crippen molar-refractivity contribution in [3.05, 3.63) is 54.1 Å². The molecule has 0 aliphatic rings. The van der Waals surface area contributed by atoms with Crippen molar-refractivity contribution >= 4 is 0 Å². The Labute approximate surface area is 123 Å². The third-order valence-electron chi connectivity index (χ3n) is 3.35. The van der Waals surface area contributed by atoms with Gasteiger partial charge >= 0.3 is 0 Å². The highest BCUT2D eigenvalue weighted by Crippen LogP contribution is 2.26. The zero-order valence-corrected chi connectivity index (χ0v) is 12.0. The van der Waals surface area contributed by atoms with Gasteiger partial charge in [0, 0.05) is 11.1 Å². The standard InChI is InChI=1S/C17H16N2O2/c1-3-12-7-9-13(10-8-12)16-18-19-17(21-16)14-5-4-6-15(11-14)20-2/h4-11H,3H2,1-2H3. The van der Waals surface area contributed by atoms with Gasteiger partial charge in [0.15, 0.2) is 0 Å². The molecule has 1 heterocycles. The van der Waals surface area contributed by atoms with Crippen LogP contribution in [0.5, 0.6) is 5.75 Å². The number of rotatable bonds is 4. The van der Waals surface area contributed by atoms with E-state index in [-0.39, 0.29) is 0 Å². The second-order valence-corrected chi connectivity index (χ2v) is 4.69. The monoisotopic (exact) mass is 280 g/mol. The fourth-order valence-corrected chi connectivity index (χ4v) is 2.10. The fourth-order valence-electron chi connectivity index (χ4n) is 2.10. The maximum absolute atomic E-state index is 5.75. The molecule has 2 aromatic carbocycles. The van der Waals surface area contributed by atoms with Gasteiger partial charge in [-0.25, -0.2) is 0 Å². The number of aryl methyl sites for hydroxylation is 1. The van der Waals surface area contributed by atoms with Crippen LogP contribution in [0.15, 0.2) is 52.9 Å². The molecule has 1 aromatic heterocycles. The van der Waals surface area contributed by atoms with Crippen molar-refractivity contribution < 1.29 is 9.15 Å². The summed E-state index contributed by atoms with van der Waals surface area (Å²) in [7, 11) is 1.63. The van der Waals surface area contributed by atoms with Crippen LogP contribution in [-0.2, 0) is 6.42 Å². The van der Waals surface area contributed by atoms with Gasteiger partial charge in [-0.05, 0) is 42.3 Å². The van der Waals surface area contributed by atoms with Crippen LogP contribution in [0.25, 0.3) is 22.9 Å². The van der Waals surface area contributed by atoms with Gasteiger partial charge in [0.05, 0.1) is 7.11 Å². The van der Waals surface area contributed by atoms with Gasteiger partial charge in [-0.15, -0.1) is 10.2 Å². The molecule has 0 aliphatic heterocycles. The lowest BCUT2D eigenvalue weighted by Crippen LogP contribution is -1.83. The normalized spacial score (nSPS) is 10.6. The predicted octanol–water partition coefficient (Wildman–Crippen LogP) is 3.97. The second kappa shape index (κ2) is 5.79. The number of nitrogens with zero attached hydrogens (tertiary/aromatic N) is 2. The van der Waals surface area contributed by atoms with Crippen LogP contribution >= 0.6 is 0 Å². The molecule has 106 valence electrons. The van der Waals surface area contributed by atoms with Gasteiger partial charge in [-0.2, -0.15) is 0 Å². The van der Waals surface area contributed by atoms with E-state index in [1.807, 2.05) is 36.4 Å². The summed E-state index contributed by atoms with van der Waals surface area (Å²) < 4.78 is 11.0. The van der Waals surface area contributed by atoms with Gasteiger partial charge in [-0.3, -0.25) is 0 Å². The number of aromatic nitrogens is 2. The molecule has 0 N–H and O–H groups in total. The Hall–Kier alpha value is -2.62. The van der Waals surface area contributed by atoms with Crippen molar-refractivity contribution in [1.82, 2.24) is 10.2 Å². The van der Waals surface area contributed by atoms with Crippen LogP contribution < -0.4 is 4.74 Å². The highest BCUT2D eigenvalue weighted by Gasteiger charge is 2.10. The van der Waals surface area contributed by atoms with Gasteiger partial charge in [0.25, 0.3) is 0 Å². The zero-order chi connectivity index (χ0) is 14.7. The molecular formula is C17H16N2O2. The van der Waals surface area contributed by atoms with E-state index in [0.717, 1.165) is 23.3 Å². The first-order chi connectivity index (χ1) is 10.3. The maximum Gasteiger partial charge on any atom is 0.248 e. The number of methoxy groups -OCH3 is 1. The van der Waals surface area contributed by atoms with Crippen molar-refractivity contribution in [2.45, 2.75) is 13.3 Å². The summed E-state index contributed by atoms with van der Waals surface area (Å²) in [6.07, 6.45) is 1.01. The van der Waals surface area contributed by atoms with E-state index in [4.69, 9.17) is 9.15 Å². The molecule has 0 spiro atoms. The number of hydrogen-bond donors (Lipinski definition) is 0. The van der Waals surface area contributed by atoms with E-state index in [1.165, 1.54) is 5.56 Å². The summed E-state index contributed by atoms with van der Waals surface area (Å²) in [6, 6.07) is 15.7. The maximum atomic E-state index is 5.75. The van der Waals surface area contributed by atoms with E-state index in [0.29, 0.717) is 11.8 Å². The van der Waals surface area contributed by atoms with Gasteiger partial charge in [0.2, 0.25) is 11.8 Å². The average Bonchev–Trinajstić information content (AvgIpc) is 3.05. The Kier molecular flexibility index (Phi) is 3.69. The summed E-state index contributed by atoms with van der Waals surface area (Å²) in [5, 5.41) is 8.22. The van der Waals surface area contributed by atoms with Crippen molar-refractivity contribution in [3.8, 4) is 28.7 Å². The van der Waals surface area contributed by atoms with Crippen molar-refractivity contribution in [2.24, 2.45) is 0 Å². The molecule has 0 fully saturated rings. The third kappa shape index (κ3) is 2.79. The minimum atomic E-state index is 0.489. The fraction of sp³-hybridized carbons (Fsp3) is 0.176. The molecule has 0 unspecified atom stereocenters. The van der Waals surface area contributed by atoms with Crippen LogP contribution in [0, 0.1) is 0 Å². The Balaban J connectivity index is 1.91. The second-order valence-electron chi connectivity index (χ2n) is 4.69. The SMILES string of the molecule is CCc1ccc(-c2nnc(-c3cccc(OC)c3)o2)cc1. The molecule has 0 atom stereocenters. The summed E-state index contributed by atoms with van der Waals surface area (Å²) >= 11 is 0. The molecule has 21 heavy (non-hydrogen) atoms. The van der Waals surface area contributed by atoms with E-state index < -0.39 is 0 Å². The first-order valence-electron chi connectivity index (χ1n) is 6.87. The van der Waals surface area contributed by atoms with Crippen LogP contribution in [0.4, 0.5) is 0 Å². The molecule has 3 aromatic rings. The molecular weight excluding hydrogens is 264 g/mol. The molecule has 4 heteroatoms. The summed E-state index contributed by atoms with van der Waals surface area (Å²) in [4.78, 5) is 0. The van der Waals surface area contributed by atoms with Crippen LogP contribution in [-0.4, -0.2) is 17.3 Å². The Bertz CT molecular complexity index is 733. The topological polar surface area (TPSA) is 48.2 Å². The van der Waals surface area contributed by atoms with E-state index in [1.54, 1.807) is 7.11 Å². The summed E-state index contributed by atoms with van der Waals surface area (Å²) in [5.74, 6) is 1.78. The van der Waals surface area contributed by atoms with Gasteiger partial charge < -0.3 is 9.15 Å². The number of hydrogen-bond acceptors (Lipinski definition) is 4. The average molecular weight is 280 g/mol. The predicted molar refractivity (Wildman–Crippen MR) is 81.1 cm³/mol. The van der Waals surface area contributed by atoms with E-state index in [9.17, 15) is 0 Å². The molecule has 3 rings (SSSR count). The lowest BCUT2D eigenvalue weighted by Gasteiger charge is -2.00. The minimum absolute atomic E-state index is 0.489. The Morgan fingerprint density at radius 3 is 2.33 bits per heavy atom. The number of benzene rings is 2. The molecule has 0 bridgehead atoms. The highest BCUT2D eigenvalue weighted by molar-refractivity contribution is 5.59. The molecule has 0 amide bonds. The van der Waals surface area contributed by atoms with Crippen molar-refractivity contribution in [2.75, 3.05) is 7.11 Å². The first-order valence-corrected chi connectivity index (χ1v) is 6.87. The van der Waals surface area contributed by atoms with E-state index in [2.05, 4.69) is 29.3 Å². The minimum Gasteiger partial charge on any atom is -0.497 e. The largest absolute Gasteiger partial charge is 0.497 e. The van der Waals surface area contributed by atoms with E-state index >= 15 is 0 Å². The molecule has 0 radical (unpaired) electrons. The molecule has 4 nitrogen and oxygen atoms in total. The van der Waals surface area contributed by atoms with Crippen molar-refractivity contribution in [1.29, 1.82) is 0 Å². The third-order valence-corrected chi connectivity index (χ3v) is 3.35. The molecule has 0 saturated heterocycles. The van der Waals surface area contributed by atoms with Crippen LogP contribution in [0.3, 0.4) is 0 Å². The lowest BCUT2D eigenvalue weighted by molar-refractivity contribution is 0.415. The Morgan fingerprint density at radius 2 is 1.67 bits per heavy atom. The number of ether oxygens (including phenoxy) is 1. The van der Waals surface area contributed by atoms with Crippen LogP contribution in [0.2, 0.25) is 0 Å². The summed E-state index contributed by atoms with van der Waals surface area (Å²) in [6.45, 7) is 2.13. The van der Waals surface area contributed by atoms with Gasteiger partial charge in [0.1, 0.15) is 5.75 Å². The van der Waals surface area contributed by atoms with Crippen LogP contribution in [0.1, 0.15) is 12.5 Å². The molecule has 0 aliphatic carbocycles. The summed E-state index contributed by atoms with van der Waals surface area (Å²) in [5.41, 5.74) is 3.05. The zero-order valence-electron chi connectivity index (χ0n) is 12.0. The molecule has 0 saturated carbocycles. The lowest BCUT2D eigenvalue weighted by atomic mass is 10.1. The Morgan fingerprint density at radius 1 is 0.952 bits per heavy atom. The quantitative estimate of drug-likeness (QED) is 0.725. The first kappa shape index (κ1) is 13.4. The highest BCUT2D eigenvalue weighted by atomic mass is 16.5. The van der Waals surface area contributed by atoms with Crippen molar-refractivity contribution in [3.63, 3.8) is 0 Å². The smallest absolute Gasteiger partial charge is 0.248 e. The van der Waals surface area contributed by atoms with Gasteiger partial charge in [-0.1, -0.05) is 25.1 Å².